The Labute approximate surface area is 226 Å². The number of carbonyl (C=O) groups is 4. The highest BCUT2D eigenvalue weighted by Crippen LogP contribution is 2.25. The number of hydrogen-bond acceptors (Lipinski definition) is 8. The molecule has 4 unspecified atom stereocenters. The van der Waals surface area contributed by atoms with Crippen LogP contribution in [0.3, 0.4) is 0 Å². The number of unbranched alkanes of at least 4 members (excludes halogenated alkanes) is 4. The first kappa shape index (κ1) is 33.8. The first-order valence-electron chi connectivity index (χ1n) is 12.5. The van der Waals surface area contributed by atoms with Crippen molar-refractivity contribution < 1.29 is 38.1 Å². The fourth-order valence-corrected chi connectivity index (χ4v) is 4.63. The fourth-order valence-electron chi connectivity index (χ4n) is 3.46. The fraction of sp³-hybridized carbons (Fsp3) is 0.840. The SMILES string of the molecule is CCCCOC(=O)C(Br)CC(CCCCCC(CC(Br)C(=O)OCCCC)C(=O)OC)C(=O)OC. The van der Waals surface area contributed by atoms with E-state index in [0.29, 0.717) is 38.9 Å². The average molecular weight is 630 g/mol. The predicted octanol–water partition coefficient (Wildman–Crippen LogP) is 5.51. The molecule has 0 heterocycles. The van der Waals surface area contributed by atoms with Crippen LogP contribution in [0.1, 0.15) is 84.5 Å². The van der Waals surface area contributed by atoms with Crippen molar-refractivity contribution in [3.63, 3.8) is 0 Å². The maximum Gasteiger partial charge on any atom is 0.319 e. The lowest BCUT2D eigenvalue weighted by molar-refractivity contribution is -0.148. The Morgan fingerprint density at radius 3 is 1.29 bits per heavy atom. The Kier molecular flexibility index (Phi) is 20.3. The molecule has 0 fully saturated rings. The zero-order valence-electron chi connectivity index (χ0n) is 21.5. The molecule has 0 N–H and O–H groups in total. The highest BCUT2D eigenvalue weighted by atomic mass is 79.9. The molecule has 0 aromatic carbocycles. The third-order valence-electron chi connectivity index (χ3n) is 5.65. The Morgan fingerprint density at radius 2 is 0.971 bits per heavy atom. The number of halogens is 2. The maximum absolute atomic E-state index is 12.2. The molecule has 0 aliphatic rings. The second-order valence-electron chi connectivity index (χ2n) is 8.53. The molecule has 10 heteroatoms. The van der Waals surface area contributed by atoms with Crippen molar-refractivity contribution in [1.82, 2.24) is 0 Å². The van der Waals surface area contributed by atoms with Gasteiger partial charge < -0.3 is 18.9 Å². The van der Waals surface area contributed by atoms with E-state index in [2.05, 4.69) is 31.9 Å². The van der Waals surface area contributed by atoms with E-state index in [0.717, 1.165) is 44.9 Å². The number of alkyl halides is 2. The summed E-state index contributed by atoms with van der Waals surface area (Å²) >= 11 is 6.67. The Hall–Kier alpha value is -1.16. The molecule has 0 saturated heterocycles. The summed E-state index contributed by atoms with van der Waals surface area (Å²) in [5, 5.41) is 0. The van der Waals surface area contributed by atoms with Gasteiger partial charge in [-0.1, -0.05) is 77.8 Å². The molecule has 0 aromatic heterocycles. The van der Waals surface area contributed by atoms with Gasteiger partial charge in [0.25, 0.3) is 0 Å². The van der Waals surface area contributed by atoms with Crippen LogP contribution in [0.25, 0.3) is 0 Å². The lowest BCUT2D eigenvalue weighted by atomic mass is 9.93. The van der Waals surface area contributed by atoms with E-state index >= 15 is 0 Å². The standard InChI is InChI=1S/C25H42Br2O8/c1-5-7-14-34-24(30)20(26)16-18(22(28)32-3)12-10-9-11-13-19(23(29)33-4)17-21(27)25(31)35-15-8-6-2/h18-21H,5-17H2,1-4H3. The number of esters is 4. The summed E-state index contributed by atoms with van der Waals surface area (Å²) in [6.07, 6.45) is 7.43. The highest BCUT2D eigenvalue weighted by Gasteiger charge is 2.28. The van der Waals surface area contributed by atoms with Crippen LogP contribution in [0.2, 0.25) is 0 Å². The van der Waals surface area contributed by atoms with E-state index in [1.807, 2.05) is 13.8 Å². The quantitative estimate of drug-likeness (QED) is 0.0751. The molecule has 8 nitrogen and oxygen atoms in total. The second-order valence-corrected chi connectivity index (χ2v) is 10.7. The van der Waals surface area contributed by atoms with Crippen LogP contribution in [-0.4, -0.2) is 61.0 Å². The zero-order valence-corrected chi connectivity index (χ0v) is 24.7. The normalized spacial score (nSPS) is 14.3. The largest absolute Gasteiger partial charge is 0.469 e. The van der Waals surface area contributed by atoms with Crippen LogP contribution in [-0.2, 0) is 38.1 Å². The lowest BCUT2D eigenvalue weighted by Gasteiger charge is -2.19. The minimum Gasteiger partial charge on any atom is -0.469 e. The summed E-state index contributed by atoms with van der Waals surface area (Å²) in [6, 6.07) is 0. The number of hydrogen-bond donors (Lipinski definition) is 0. The van der Waals surface area contributed by atoms with Gasteiger partial charge in [-0.05, 0) is 38.5 Å². The molecule has 0 bridgehead atoms. The lowest BCUT2D eigenvalue weighted by Crippen LogP contribution is -2.26. The van der Waals surface area contributed by atoms with Gasteiger partial charge in [0.05, 0.1) is 39.3 Å². The molecule has 204 valence electrons. The zero-order chi connectivity index (χ0) is 26.6. The van der Waals surface area contributed by atoms with Crippen molar-refractivity contribution in [1.29, 1.82) is 0 Å². The van der Waals surface area contributed by atoms with Crippen molar-refractivity contribution >= 4 is 55.7 Å². The molecule has 0 aliphatic carbocycles. The van der Waals surface area contributed by atoms with E-state index in [4.69, 9.17) is 18.9 Å². The number of rotatable bonds is 20. The maximum atomic E-state index is 12.2. The monoisotopic (exact) mass is 628 g/mol. The number of methoxy groups -OCH3 is 2. The molecule has 0 amide bonds. The first-order chi connectivity index (χ1) is 16.7. The molecule has 4 atom stereocenters. The van der Waals surface area contributed by atoms with Crippen LogP contribution < -0.4 is 0 Å². The molecule has 0 spiro atoms. The number of ether oxygens (including phenoxy) is 4. The summed E-state index contributed by atoms with van der Waals surface area (Å²) < 4.78 is 20.3. The van der Waals surface area contributed by atoms with Gasteiger partial charge in [-0.3, -0.25) is 19.2 Å². The molecular weight excluding hydrogens is 588 g/mol. The van der Waals surface area contributed by atoms with Gasteiger partial charge in [-0.2, -0.15) is 0 Å². The second kappa shape index (κ2) is 21.0. The van der Waals surface area contributed by atoms with Gasteiger partial charge in [0.1, 0.15) is 9.65 Å². The molecule has 0 saturated carbocycles. The Balaban J connectivity index is 4.61. The Bertz CT molecular complexity index is 577. The van der Waals surface area contributed by atoms with E-state index < -0.39 is 21.5 Å². The summed E-state index contributed by atoms with van der Waals surface area (Å²) in [4.78, 5) is 47.5. The smallest absolute Gasteiger partial charge is 0.319 e. The summed E-state index contributed by atoms with van der Waals surface area (Å²) in [7, 11) is 2.67. The first-order valence-corrected chi connectivity index (χ1v) is 14.3. The van der Waals surface area contributed by atoms with Gasteiger partial charge in [-0.15, -0.1) is 0 Å². The highest BCUT2D eigenvalue weighted by molar-refractivity contribution is 9.10. The van der Waals surface area contributed by atoms with Gasteiger partial charge in [0.15, 0.2) is 0 Å². The van der Waals surface area contributed by atoms with Gasteiger partial charge in [0.2, 0.25) is 0 Å². The molecule has 35 heavy (non-hydrogen) atoms. The molecule has 0 aliphatic heterocycles. The summed E-state index contributed by atoms with van der Waals surface area (Å²) in [5.74, 6) is -2.30. The third kappa shape index (κ3) is 15.5. The van der Waals surface area contributed by atoms with E-state index in [1.165, 1.54) is 14.2 Å². The van der Waals surface area contributed by atoms with Crippen molar-refractivity contribution in [2.24, 2.45) is 11.8 Å². The molecule has 0 rings (SSSR count). The summed E-state index contributed by atoms with van der Waals surface area (Å²) in [6.45, 7) is 4.77. The van der Waals surface area contributed by atoms with E-state index in [-0.39, 0.29) is 23.9 Å². The van der Waals surface area contributed by atoms with Crippen LogP contribution in [0.4, 0.5) is 0 Å². The van der Waals surface area contributed by atoms with Gasteiger partial charge in [-0.25, -0.2) is 0 Å². The molecule has 0 radical (unpaired) electrons. The third-order valence-corrected chi connectivity index (χ3v) is 7.15. The van der Waals surface area contributed by atoms with Crippen molar-refractivity contribution in [2.45, 2.75) is 94.1 Å². The van der Waals surface area contributed by atoms with Crippen LogP contribution in [0.5, 0.6) is 0 Å². The Morgan fingerprint density at radius 1 is 0.600 bits per heavy atom. The van der Waals surface area contributed by atoms with E-state index in [9.17, 15) is 19.2 Å². The topological polar surface area (TPSA) is 105 Å². The summed E-state index contributed by atoms with van der Waals surface area (Å²) in [5.41, 5.74) is 0. The van der Waals surface area contributed by atoms with Gasteiger partial charge >= 0.3 is 23.9 Å². The average Bonchev–Trinajstić information content (AvgIpc) is 2.85. The predicted molar refractivity (Wildman–Crippen MR) is 140 cm³/mol. The number of carbonyl (C=O) groups excluding carboxylic acids is 4. The van der Waals surface area contributed by atoms with Crippen LogP contribution >= 0.6 is 31.9 Å². The van der Waals surface area contributed by atoms with E-state index in [1.54, 1.807) is 0 Å². The molecule has 0 aromatic rings. The molecular formula is C25H42Br2O8. The van der Waals surface area contributed by atoms with Crippen molar-refractivity contribution in [3.05, 3.63) is 0 Å². The van der Waals surface area contributed by atoms with Gasteiger partial charge in [0, 0.05) is 0 Å². The van der Waals surface area contributed by atoms with Crippen LogP contribution in [0, 0.1) is 11.8 Å². The minimum atomic E-state index is -0.569. The van der Waals surface area contributed by atoms with Crippen molar-refractivity contribution in [2.75, 3.05) is 27.4 Å². The van der Waals surface area contributed by atoms with Crippen LogP contribution in [0.15, 0.2) is 0 Å². The minimum absolute atomic E-state index is 0.299. The van der Waals surface area contributed by atoms with Crippen molar-refractivity contribution in [3.8, 4) is 0 Å².